The first-order valence-electron chi connectivity index (χ1n) is 7.10. The lowest BCUT2D eigenvalue weighted by molar-refractivity contribution is -0.149. The molecule has 3 aliphatic carbocycles. The highest BCUT2D eigenvalue weighted by Gasteiger charge is 2.65. The number of nitrogens with one attached hydrogen (secondary N) is 1. The van der Waals surface area contributed by atoms with Crippen molar-refractivity contribution in [1.82, 2.24) is 10.2 Å². The van der Waals surface area contributed by atoms with Gasteiger partial charge in [0.15, 0.2) is 0 Å². The fourth-order valence-electron chi connectivity index (χ4n) is 4.33. The number of nitrogens with zero attached hydrogens (tertiary/aromatic N) is 1. The van der Waals surface area contributed by atoms with Gasteiger partial charge in [0.05, 0.1) is 0 Å². The molecule has 8 heteroatoms. The van der Waals surface area contributed by atoms with E-state index in [1.165, 1.54) is 6.42 Å². The third-order valence-corrected chi connectivity index (χ3v) is 5.01. The van der Waals surface area contributed by atoms with Gasteiger partial charge in [0.1, 0.15) is 13.1 Å². The number of urea groups is 1. The van der Waals surface area contributed by atoms with Crippen LogP contribution in [0.15, 0.2) is 0 Å². The number of carbonyl (C=O) groups is 2. The van der Waals surface area contributed by atoms with Crippen molar-refractivity contribution in [2.45, 2.75) is 31.5 Å². The maximum atomic E-state index is 12.4. The van der Waals surface area contributed by atoms with Crippen LogP contribution in [0.4, 0.5) is 18.0 Å². The Kier molecular flexibility index (Phi) is 3.29. The van der Waals surface area contributed by atoms with Gasteiger partial charge in [-0.05, 0) is 42.9 Å². The molecule has 3 saturated carbocycles. The van der Waals surface area contributed by atoms with E-state index < -0.39 is 31.3 Å². The predicted octanol–water partition coefficient (Wildman–Crippen LogP) is 1.69. The Hall–Kier alpha value is -1.47. The van der Waals surface area contributed by atoms with E-state index in [4.69, 9.17) is 5.11 Å². The Morgan fingerprint density at radius 3 is 2.24 bits per heavy atom. The van der Waals surface area contributed by atoms with Crippen molar-refractivity contribution < 1.29 is 27.9 Å². The maximum Gasteiger partial charge on any atom is 0.406 e. The fourth-order valence-corrected chi connectivity index (χ4v) is 4.33. The van der Waals surface area contributed by atoms with Gasteiger partial charge in [-0.2, -0.15) is 13.2 Å². The van der Waals surface area contributed by atoms with Gasteiger partial charge in [0.25, 0.3) is 0 Å². The lowest BCUT2D eigenvalue weighted by atomic mass is 10.0. The van der Waals surface area contributed by atoms with Crippen molar-refractivity contribution in [3.63, 3.8) is 0 Å². The Morgan fingerprint density at radius 2 is 1.76 bits per heavy atom. The van der Waals surface area contributed by atoms with Crippen LogP contribution in [-0.4, -0.2) is 47.3 Å². The minimum absolute atomic E-state index is 0.0618. The summed E-state index contributed by atoms with van der Waals surface area (Å²) in [6, 6.07) is -0.984. The molecule has 4 atom stereocenters. The molecule has 5 nitrogen and oxygen atoms in total. The van der Waals surface area contributed by atoms with E-state index in [2.05, 4.69) is 5.32 Å². The summed E-state index contributed by atoms with van der Waals surface area (Å²) in [5, 5.41) is 11.3. The molecular formula is C13H17F3N2O3. The van der Waals surface area contributed by atoms with Crippen molar-refractivity contribution >= 4 is 12.0 Å². The highest BCUT2D eigenvalue weighted by molar-refractivity contribution is 5.80. The summed E-state index contributed by atoms with van der Waals surface area (Å²) in [5.41, 5.74) is 0. The van der Waals surface area contributed by atoms with Crippen LogP contribution in [0.5, 0.6) is 0 Å². The first-order valence-corrected chi connectivity index (χ1v) is 7.10. The number of carbonyl (C=O) groups excluding carboxylic acids is 1. The molecule has 3 rings (SSSR count). The summed E-state index contributed by atoms with van der Waals surface area (Å²) in [7, 11) is 0. The Bertz CT molecular complexity index is 452. The van der Waals surface area contributed by atoms with E-state index in [-0.39, 0.29) is 6.04 Å². The van der Waals surface area contributed by atoms with Crippen molar-refractivity contribution in [2.24, 2.45) is 23.7 Å². The zero-order valence-electron chi connectivity index (χ0n) is 11.3. The van der Waals surface area contributed by atoms with Gasteiger partial charge in [-0.15, -0.1) is 0 Å². The minimum Gasteiger partial charge on any atom is -0.480 e. The predicted molar refractivity (Wildman–Crippen MR) is 65.4 cm³/mol. The third-order valence-electron chi connectivity index (χ3n) is 5.01. The molecule has 2 amide bonds. The first-order chi connectivity index (χ1) is 9.76. The molecule has 4 unspecified atom stereocenters. The summed E-state index contributed by atoms with van der Waals surface area (Å²) < 4.78 is 37.3. The normalized spacial score (nSPS) is 36.2. The van der Waals surface area contributed by atoms with E-state index in [0.717, 1.165) is 12.8 Å². The van der Waals surface area contributed by atoms with Gasteiger partial charge >= 0.3 is 18.2 Å². The third kappa shape index (κ3) is 2.80. The van der Waals surface area contributed by atoms with Crippen LogP contribution in [-0.2, 0) is 4.79 Å². The average molecular weight is 306 g/mol. The van der Waals surface area contributed by atoms with Gasteiger partial charge < -0.3 is 15.3 Å². The van der Waals surface area contributed by atoms with E-state index in [0.29, 0.717) is 28.6 Å². The topological polar surface area (TPSA) is 69.6 Å². The van der Waals surface area contributed by atoms with Crippen molar-refractivity contribution in [3.05, 3.63) is 0 Å². The van der Waals surface area contributed by atoms with E-state index in [1.54, 1.807) is 0 Å². The molecule has 0 saturated heterocycles. The van der Waals surface area contributed by atoms with Crippen LogP contribution >= 0.6 is 0 Å². The fraction of sp³-hybridized carbons (Fsp3) is 0.846. The summed E-state index contributed by atoms with van der Waals surface area (Å²) in [6.45, 7) is -2.49. The molecule has 3 aliphatic rings. The van der Waals surface area contributed by atoms with Gasteiger partial charge in [0.2, 0.25) is 0 Å². The van der Waals surface area contributed by atoms with Crippen LogP contribution in [0.25, 0.3) is 0 Å². The largest absolute Gasteiger partial charge is 0.480 e. The van der Waals surface area contributed by atoms with E-state index in [1.807, 2.05) is 0 Å². The van der Waals surface area contributed by atoms with Crippen LogP contribution in [0.1, 0.15) is 19.3 Å². The molecule has 118 valence electrons. The van der Waals surface area contributed by atoms with Crippen molar-refractivity contribution in [2.75, 3.05) is 13.1 Å². The monoisotopic (exact) mass is 306 g/mol. The van der Waals surface area contributed by atoms with Crippen LogP contribution in [0, 0.1) is 23.7 Å². The molecule has 21 heavy (non-hydrogen) atoms. The quantitative estimate of drug-likeness (QED) is 0.830. The zero-order chi connectivity index (χ0) is 15.4. The van der Waals surface area contributed by atoms with Gasteiger partial charge in [-0.1, -0.05) is 0 Å². The summed E-state index contributed by atoms with van der Waals surface area (Å²) >= 11 is 0. The van der Waals surface area contributed by atoms with Crippen molar-refractivity contribution in [3.8, 4) is 0 Å². The molecule has 0 aromatic carbocycles. The van der Waals surface area contributed by atoms with E-state index >= 15 is 0 Å². The molecule has 2 N–H and O–H groups in total. The average Bonchev–Trinajstić information content (AvgIpc) is 2.75. The first kappa shape index (κ1) is 14.5. The molecule has 0 heterocycles. The van der Waals surface area contributed by atoms with Crippen LogP contribution < -0.4 is 5.32 Å². The minimum atomic E-state index is -4.61. The maximum absolute atomic E-state index is 12.4. The molecule has 3 fully saturated rings. The number of aliphatic carboxylic acids is 1. The number of hydrogen-bond acceptors (Lipinski definition) is 2. The summed E-state index contributed by atoms with van der Waals surface area (Å²) in [5.74, 6) is 0.502. The lowest BCUT2D eigenvalue weighted by Gasteiger charge is -2.23. The highest BCUT2D eigenvalue weighted by atomic mass is 19.4. The molecule has 0 aliphatic heterocycles. The number of alkyl halides is 3. The Labute approximate surface area is 119 Å². The Morgan fingerprint density at radius 1 is 1.19 bits per heavy atom. The molecular weight excluding hydrogens is 289 g/mol. The van der Waals surface area contributed by atoms with Gasteiger partial charge in [0, 0.05) is 6.04 Å². The second kappa shape index (κ2) is 4.78. The number of carboxylic acids is 1. The number of halogens is 3. The molecule has 0 aromatic heterocycles. The summed E-state index contributed by atoms with van der Waals surface area (Å²) in [4.78, 5) is 22.9. The molecule has 0 aromatic rings. The van der Waals surface area contributed by atoms with Crippen molar-refractivity contribution in [1.29, 1.82) is 0 Å². The second-order valence-electron chi connectivity index (χ2n) is 6.33. The summed E-state index contributed by atoms with van der Waals surface area (Å²) in [6.07, 6.45) is -1.16. The number of rotatable bonds is 4. The number of carboxylic acid groups (broad SMARTS) is 1. The van der Waals surface area contributed by atoms with Gasteiger partial charge in [-0.3, -0.25) is 4.79 Å². The van der Waals surface area contributed by atoms with E-state index in [9.17, 15) is 22.8 Å². The lowest BCUT2D eigenvalue weighted by Crippen LogP contribution is -2.48. The van der Waals surface area contributed by atoms with Gasteiger partial charge in [-0.25, -0.2) is 4.79 Å². The van der Waals surface area contributed by atoms with Crippen LogP contribution in [0.2, 0.25) is 0 Å². The second-order valence-corrected chi connectivity index (χ2v) is 6.33. The number of fused-ring (bicyclic) bond motifs is 5. The smallest absolute Gasteiger partial charge is 0.406 e. The van der Waals surface area contributed by atoms with Crippen LogP contribution in [0.3, 0.4) is 0 Å². The number of amides is 2. The molecule has 2 bridgehead atoms. The highest BCUT2D eigenvalue weighted by Crippen LogP contribution is 2.65. The zero-order valence-corrected chi connectivity index (χ0v) is 11.3. The molecule has 0 spiro atoms. The standard InChI is InChI=1S/C13H17F3N2O3/c14-13(15,16)5-18(4-8(19)20)12(21)17-11-9-6-1-2-7(3-6)10(9)11/h6-7,9-11H,1-5H2,(H,17,21)(H,19,20). The SMILES string of the molecule is O=C(O)CN(CC(F)(F)F)C(=O)NC1C2C3CCC(C3)C12. The number of hydrogen-bond donors (Lipinski definition) is 2. The Balaban J connectivity index is 1.58. The molecule has 0 radical (unpaired) electrons.